The highest BCUT2D eigenvalue weighted by Gasteiger charge is 2.20. The van der Waals surface area contributed by atoms with Crippen molar-refractivity contribution in [3.8, 4) is 23.1 Å². The summed E-state index contributed by atoms with van der Waals surface area (Å²) in [4.78, 5) is 25.2. The van der Waals surface area contributed by atoms with Crippen LogP contribution in [-0.4, -0.2) is 36.0 Å². The molecule has 3 rings (SSSR count). The van der Waals surface area contributed by atoms with E-state index in [0.29, 0.717) is 28.6 Å². The molecule has 0 unspecified atom stereocenters. The molecule has 1 aromatic heterocycles. The first-order chi connectivity index (χ1) is 15.9. The van der Waals surface area contributed by atoms with Gasteiger partial charge in [0.2, 0.25) is 5.88 Å². The number of rotatable bonds is 9. The first-order valence-electron chi connectivity index (χ1n) is 10.4. The van der Waals surface area contributed by atoms with Crippen LogP contribution in [0.3, 0.4) is 0 Å². The van der Waals surface area contributed by atoms with Gasteiger partial charge < -0.3 is 19.5 Å². The average molecular weight is 472 g/mol. The standard InChI is InChI=1S/C24H26ClN3O5/c1-5-20(24(30)26-14-16-12-18(31-3)8-9-21(16)32-4)33-22-10-11-23(29)28(27-22)19-13-17(25)7-6-15(19)2/h6-13,20H,5,14H2,1-4H3,(H,26,30)/t20-/m1/s1. The quantitative estimate of drug-likeness (QED) is 0.511. The normalized spacial score (nSPS) is 11.5. The van der Waals surface area contributed by atoms with Crippen molar-refractivity contribution in [2.45, 2.75) is 32.9 Å². The van der Waals surface area contributed by atoms with E-state index in [1.54, 1.807) is 50.6 Å². The number of halogens is 1. The number of carbonyl (C=O) groups excluding carboxylic acids is 1. The summed E-state index contributed by atoms with van der Waals surface area (Å²) < 4.78 is 17.6. The summed E-state index contributed by atoms with van der Waals surface area (Å²) in [6.07, 6.45) is -0.404. The van der Waals surface area contributed by atoms with E-state index >= 15 is 0 Å². The molecule has 3 aromatic rings. The van der Waals surface area contributed by atoms with Crippen LogP contribution in [0, 0.1) is 6.92 Å². The largest absolute Gasteiger partial charge is 0.497 e. The summed E-state index contributed by atoms with van der Waals surface area (Å²) in [5, 5.41) is 7.63. The van der Waals surface area contributed by atoms with Crippen LogP contribution in [-0.2, 0) is 11.3 Å². The average Bonchev–Trinajstić information content (AvgIpc) is 2.83. The molecule has 0 spiro atoms. The topological polar surface area (TPSA) is 91.7 Å². The van der Waals surface area contributed by atoms with E-state index in [4.69, 9.17) is 25.8 Å². The second-order valence-corrected chi connectivity index (χ2v) is 7.70. The molecule has 0 bridgehead atoms. The summed E-state index contributed by atoms with van der Waals surface area (Å²) in [5.41, 5.74) is 1.79. The molecular weight excluding hydrogens is 446 g/mol. The molecule has 9 heteroatoms. The maximum atomic E-state index is 12.8. The number of aryl methyl sites for hydroxylation is 1. The highest BCUT2D eigenvalue weighted by Crippen LogP contribution is 2.24. The van der Waals surface area contributed by atoms with Gasteiger partial charge in [0.1, 0.15) is 11.5 Å². The summed E-state index contributed by atoms with van der Waals surface area (Å²) in [7, 11) is 3.13. The molecule has 1 heterocycles. The number of nitrogens with one attached hydrogen (secondary N) is 1. The molecule has 0 saturated heterocycles. The van der Waals surface area contributed by atoms with Gasteiger partial charge in [-0.3, -0.25) is 9.59 Å². The lowest BCUT2D eigenvalue weighted by atomic mass is 10.1. The fraction of sp³-hybridized carbons (Fsp3) is 0.292. The molecule has 2 aromatic carbocycles. The lowest BCUT2D eigenvalue weighted by molar-refractivity contribution is -0.128. The Labute approximate surface area is 197 Å². The van der Waals surface area contributed by atoms with Crippen molar-refractivity contribution in [3.63, 3.8) is 0 Å². The number of hydrogen-bond acceptors (Lipinski definition) is 6. The molecule has 1 N–H and O–H groups in total. The summed E-state index contributed by atoms with van der Waals surface area (Å²) in [6.45, 7) is 3.91. The number of amides is 1. The highest BCUT2D eigenvalue weighted by molar-refractivity contribution is 6.30. The van der Waals surface area contributed by atoms with Crippen molar-refractivity contribution < 1.29 is 19.0 Å². The summed E-state index contributed by atoms with van der Waals surface area (Å²) in [5.74, 6) is 1.12. The number of nitrogens with zero attached hydrogens (tertiary/aromatic N) is 2. The zero-order chi connectivity index (χ0) is 24.0. The van der Waals surface area contributed by atoms with Crippen molar-refractivity contribution in [1.29, 1.82) is 0 Å². The van der Waals surface area contributed by atoms with E-state index < -0.39 is 6.10 Å². The fourth-order valence-electron chi connectivity index (χ4n) is 3.22. The van der Waals surface area contributed by atoms with Crippen LogP contribution in [0.2, 0.25) is 5.02 Å². The molecule has 0 fully saturated rings. The fourth-order valence-corrected chi connectivity index (χ4v) is 3.39. The van der Waals surface area contributed by atoms with Crippen LogP contribution in [0.25, 0.3) is 5.69 Å². The zero-order valence-electron chi connectivity index (χ0n) is 18.9. The van der Waals surface area contributed by atoms with Gasteiger partial charge >= 0.3 is 0 Å². The van der Waals surface area contributed by atoms with Gasteiger partial charge in [0, 0.05) is 29.3 Å². The van der Waals surface area contributed by atoms with Crippen LogP contribution < -0.4 is 25.1 Å². The Kier molecular flexibility index (Phi) is 7.95. The van der Waals surface area contributed by atoms with Gasteiger partial charge in [0.15, 0.2) is 6.10 Å². The van der Waals surface area contributed by atoms with Gasteiger partial charge in [-0.25, -0.2) is 0 Å². The molecule has 0 aliphatic carbocycles. The van der Waals surface area contributed by atoms with Crippen molar-refractivity contribution in [2.24, 2.45) is 0 Å². The Morgan fingerprint density at radius 2 is 1.91 bits per heavy atom. The Morgan fingerprint density at radius 3 is 2.61 bits per heavy atom. The SMILES string of the molecule is CC[C@@H](Oc1ccc(=O)n(-c2cc(Cl)ccc2C)n1)C(=O)NCc1cc(OC)ccc1OC. The molecule has 0 aliphatic rings. The lowest BCUT2D eigenvalue weighted by Gasteiger charge is -2.18. The van der Waals surface area contributed by atoms with Crippen LogP contribution >= 0.6 is 11.6 Å². The van der Waals surface area contributed by atoms with Crippen LogP contribution in [0.4, 0.5) is 0 Å². The van der Waals surface area contributed by atoms with Gasteiger partial charge in [-0.1, -0.05) is 24.6 Å². The first-order valence-corrected chi connectivity index (χ1v) is 10.8. The van der Waals surface area contributed by atoms with Crippen molar-refractivity contribution in [2.75, 3.05) is 14.2 Å². The zero-order valence-corrected chi connectivity index (χ0v) is 19.7. The molecule has 1 atom stereocenters. The second kappa shape index (κ2) is 10.9. The third-order valence-electron chi connectivity index (χ3n) is 5.04. The minimum atomic E-state index is -0.805. The minimum Gasteiger partial charge on any atom is -0.497 e. The molecule has 1 amide bonds. The molecule has 8 nitrogen and oxygen atoms in total. The Bertz CT molecular complexity index is 1190. The maximum absolute atomic E-state index is 12.8. The minimum absolute atomic E-state index is 0.148. The van der Waals surface area contributed by atoms with Crippen LogP contribution in [0.15, 0.2) is 53.3 Å². The number of hydrogen-bond donors (Lipinski definition) is 1. The number of aromatic nitrogens is 2. The van der Waals surface area contributed by atoms with Gasteiger partial charge in [-0.15, -0.1) is 5.10 Å². The summed E-state index contributed by atoms with van der Waals surface area (Å²) >= 11 is 6.09. The number of carbonyl (C=O) groups is 1. The third kappa shape index (κ3) is 5.84. The predicted molar refractivity (Wildman–Crippen MR) is 126 cm³/mol. The molecule has 0 saturated carbocycles. The van der Waals surface area contributed by atoms with E-state index in [2.05, 4.69) is 10.4 Å². The summed E-state index contributed by atoms with van der Waals surface area (Å²) in [6, 6.07) is 13.3. The molecular formula is C24H26ClN3O5. The second-order valence-electron chi connectivity index (χ2n) is 7.26. The van der Waals surface area contributed by atoms with Gasteiger partial charge in [-0.05, 0) is 49.2 Å². The van der Waals surface area contributed by atoms with E-state index in [1.807, 2.05) is 13.8 Å². The lowest BCUT2D eigenvalue weighted by Crippen LogP contribution is -2.38. The van der Waals surface area contributed by atoms with Gasteiger partial charge in [0.25, 0.3) is 11.5 Å². The Hall–Kier alpha value is -3.52. The van der Waals surface area contributed by atoms with Crippen molar-refractivity contribution in [3.05, 3.63) is 75.0 Å². The first kappa shape index (κ1) is 24.1. The third-order valence-corrected chi connectivity index (χ3v) is 5.28. The highest BCUT2D eigenvalue weighted by atomic mass is 35.5. The number of benzene rings is 2. The molecule has 174 valence electrons. The van der Waals surface area contributed by atoms with Crippen molar-refractivity contribution >= 4 is 17.5 Å². The van der Waals surface area contributed by atoms with Gasteiger partial charge in [0.05, 0.1) is 19.9 Å². The van der Waals surface area contributed by atoms with Crippen LogP contribution in [0.1, 0.15) is 24.5 Å². The van der Waals surface area contributed by atoms with E-state index in [0.717, 1.165) is 11.1 Å². The smallest absolute Gasteiger partial charge is 0.271 e. The van der Waals surface area contributed by atoms with E-state index in [9.17, 15) is 9.59 Å². The maximum Gasteiger partial charge on any atom is 0.271 e. The molecule has 33 heavy (non-hydrogen) atoms. The monoisotopic (exact) mass is 471 g/mol. The molecule has 0 aliphatic heterocycles. The van der Waals surface area contributed by atoms with Crippen LogP contribution in [0.5, 0.6) is 17.4 Å². The van der Waals surface area contributed by atoms with E-state index in [-0.39, 0.29) is 23.9 Å². The Balaban J connectivity index is 1.76. The Morgan fingerprint density at radius 1 is 1.12 bits per heavy atom. The van der Waals surface area contributed by atoms with E-state index in [1.165, 1.54) is 16.8 Å². The molecule has 0 radical (unpaired) electrons. The number of methoxy groups -OCH3 is 2. The predicted octanol–water partition coefficient (Wildman–Crippen LogP) is 3.69. The van der Waals surface area contributed by atoms with Crippen molar-refractivity contribution in [1.82, 2.24) is 15.1 Å². The van der Waals surface area contributed by atoms with Gasteiger partial charge in [-0.2, -0.15) is 4.68 Å². The number of ether oxygens (including phenoxy) is 3.